The second-order valence-corrected chi connectivity index (χ2v) is 7.21. The number of morpholine rings is 1. The molecule has 7 heteroatoms. The summed E-state index contributed by atoms with van der Waals surface area (Å²) < 4.78 is 5.46. The van der Waals surface area contributed by atoms with Gasteiger partial charge in [0, 0.05) is 42.8 Å². The summed E-state index contributed by atoms with van der Waals surface area (Å²) in [6.45, 7) is 7.13. The fourth-order valence-electron chi connectivity index (χ4n) is 2.55. The topological polar surface area (TPSA) is 50.3 Å². The minimum absolute atomic E-state index is 0.764. The van der Waals surface area contributed by atoms with Crippen LogP contribution in [-0.2, 0) is 17.8 Å². The lowest BCUT2D eigenvalue weighted by Gasteiger charge is -2.29. The monoisotopic (exact) mass is 350 g/mol. The number of hydrogen-bond acceptors (Lipinski definition) is 7. The van der Waals surface area contributed by atoms with Gasteiger partial charge >= 0.3 is 0 Å². The molecular weight excluding hydrogens is 328 g/mol. The molecule has 1 N–H and O–H groups in total. The van der Waals surface area contributed by atoms with E-state index < -0.39 is 0 Å². The molecule has 23 heavy (non-hydrogen) atoms. The Kier molecular flexibility index (Phi) is 5.88. The van der Waals surface area contributed by atoms with E-state index in [0.717, 1.165) is 55.9 Å². The van der Waals surface area contributed by atoms with Gasteiger partial charge in [0.15, 0.2) is 5.16 Å². The van der Waals surface area contributed by atoms with Gasteiger partial charge in [0.25, 0.3) is 0 Å². The van der Waals surface area contributed by atoms with E-state index in [9.17, 15) is 0 Å². The van der Waals surface area contributed by atoms with Crippen molar-refractivity contribution in [2.45, 2.75) is 25.2 Å². The molecule has 0 spiro atoms. The summed E-state index contributed by atoms with van der Waals surface area (Å²) in [5, 5.41) is 6.49. The summed E-state index contributed by atoms with van der Waals surface area (Å²) >= 11 is 3.38. The second-order valence-electron chi connectivity index (χ2n) is 5.44. The average molecular weight is 351 g/mol. The summed E-state index contributed by atoms with van der Waals surface area (Å²) in [7, 11) is 0. The molecule has 0 radical (unpaired) electrons. The molecule has 0 amide bonds. The minimum atomic E-state index is 0.764. The van der Waals surface area contributed by atoms with Crippen molar-refractivity contribution < 1.29 is 4.74 Å². The van der Waals surface area contributed by atoms with E-state index in [0.29, 0.717) is 0 Å². The summed E-state index contributed by atoms with van der Waals surface area (Å²) in [5.41, 5.74) is 2.50. The van der Waals surface area contributed by atoms with Gasteiger partial charge in [-0.1, -0.05) is 11.8 Å². The molecule has 3 rings (SSSR count). The summed E-state index contributed by atoms with van der Waals surface area (Å²) in [6, 6.07) is 2.16. The van der Waals surface area contributed by atoms with E-state index >= 15 is 0 Å². The van der Waals surface area contributed by atoms with E-state index in [4.69, 9.17) is 9.72 Å². The molecule has 0 bridgehead atoms. The van der Waals surface area contributed by atoms with Crippen LogP contribution in [0.5, 0.6) is 0 Å². The first-order chi connectivity index (χ1) is 11.3. The van der Waals surface area contributed by atoms with Gasteiger partial charge < -0.3 is 15.0 Å². The molecule has 0 unspecified atom stereocenters. The number of nitrogens with one attached hydrogen (secondary N) is 1. The van der Waals surface area contributed by atoms with E-state index in [1.165, 1.54) is 10.4 Å². The molecule has 3 heterocycles. The van der Waals surface area contributed by atoms with Crippen LogP contribution < -0.4 is 10.2 Å². The molecule has 1 aliphatic rings. The lowest BCUT2D eigenvalue weighted by molar-refractivity contribution is 0.122. The quantitative estimate of drug-likeness (QED) is 0.639. The summed E-state index contributed by atoms with van der Waals surface area (Å²) in [4.78, 5) is 12.9. The zero-order valence-corrected chi connectivity index (χ0v) is 15.2. The van der Waals surface area contributed by atoms with Crippen LogP contribution in [0.4, 0.5) is 5.82 Å². The first kappa shape index (κ1) is 16.7. The third-order valence-electron chi connectivity index (χ3n) is 3.88. The zero-order valence-electron chi connectivity index (χ0n) is 13.5. The minimum Gasteiger partial charge on any atom is -0.378 e. The Balaban J connectivity index is 1.70. The normalized spacial score (nSPS) is 15.1. The molecule has 1 aliphatic heterocycles. The maximum absolute atomic E-state index is 5.46. The highest BCUT2D eigenvalue weighted by atomic mass is 32.2. The fraction of sp³-hybridized carbons (Fsp3) is 0.500. The number of aromatic nitrogens is 2. The van der Waals surface area contributed by atoms with Crippen LogP contribution in [0.2, 0.25) is 0 Å². The molecule has 124 valence electrons. The Bertz CT molecular complexity index is 641. The van der Waals surface area contributed by atoms with Crippen LogP contribution >= 0.6 is 23.1 Å². The Morgan fingerprint density at radius 2 is 2.17 bits per heavy atom. The van der Waals surface area contributed by atoms with Gasteiger partial charge in [0.05, 0.1) is 13.2 Å². The number of aryl methyl sites for hydroxylation is 1. The van der Waals surface area contributed by atoms with Crippen LogP contribution in [0.3, 0.4) is 0 Å². The maximum Gasteiger partial charge on any atom is 0.189 e. The number of thioether (sulfide) groups is 1. The molecule has 0 aliphatic carbocycles. The van der Waals surface area contributed by atoms with E-state index in [1.54, 1.807) is 23.1 Å². The number of thiophene rings is 1. The van der Waals surface area contributed by atoms with E-state index in [2.05, 4.69) is 33.6 Å². The fourth-order valence-corrected chi connectivity index (χ4v) is 3.76. The van der Waals surface area contributed by atoms with Crippen LogP contribution in [0.25, 0.3) is 0 Å². The number of nitrogens with zero attached hydrogens (tertiary/aromatic N) is 3. The Labute approximate surface area is 145 Å². The Morgan fingerprint density at radius 3 is 2.87 bits per heavy atom. The lowest BCUT2D eigenvalue weighted by atomic mass is 10.2. The largest absolute Gasteiger partial charge is 0.378 e. The number of anilines is 1. The van der Waals surface area contributed by atoms with E-state index in [-0.39, 0.29) is 0 Å². The first-order valence-corrected chi connectivity index (χ1v) is 9.84. The number of ether oxygens (including phenoxy) is 1. The average Bonchev–Trinajstić information content (AvgIpc) is 3.01. The predicted molar refractivity (Wildman–Crippen MR) is 96.4 cm³/mol. The molecule has 5 nitrogen and oxygen atoms in total. The third kappa shape index (κ3) is 4.23. The van der Waals surface area contributed by atoms with Crippen molar-refractivity contribution >= 4 is 28.9 Å². The Morgan fingerprint density at radius 1 is 1.35 bits per heavy atom. The second kappa shape index (κ2) is 8.10. The molecular formula is C16H22N4OS2. The van der Waals surface area contributed by atoms with Gasteiger partial charge in [-0.25, -0.2) is 9.97 Å². The van der Waals surface area contributed by atoms with Gasteiger partial charge in [-0.3, -0.25) is 0 Å². The molecule has 0 saturated carbocycles. The summed E-state index contributed by atoms with van der Waals surface area (Å²) in [5.74, 6) is 1.04. The van der Waals surface area contributed by atoms with Crippen molar-refractivity contribution in [3.63, 3.8) is 0 Å². The van der Waals surface area contributed by atoms with Crippen molar-refractivity contribution in [3.8, 4) is 0 Å². The highest BCUT2D eigenvalue weighted by Crippen LogP contribution is 2.22. The molecule has 0 atom stereocenters. The maximum atomic E-state index is 5.46. The lowest BCUT2D eigenvalue weighted by Crippen LogP contribution is -2.37. The highest BCUT2D eigenvalue weighted by Gasteiger charge is 2.17. The van der Waals surface area contributed by atoms with Crippen LogP contribution in [0.15, 0.2) is 22.8 Å². The molecule has 1 fully saturated rings. The first-order valence-electron chi connectivity index (χ1n) is 7.74. The molecule has 0 aromatic carbocycles. The molecule has 2 aromatic heterocycles. The predicted octanol–water partition coefficient (Wildman–Crippen LogP) is 2.69. The van der Waals surface area contributed by atoms with E-state index in [1.807, 2.05) is 12.5 Å². The van der Waals surface area contributed by atoms with Gasteiger partial charge in [-0.2, -0.15) is 0 Å². The van der Waals surface area contributed by atoms with Crippen molar-refractivity contribution in [2.24, 2.45) is 0 Å². The number of hydrogen-bond donors (Lipinski definition) is 1. The van der Waals surface area contributed by atoms with Gasteiger partial charge in [0.2, 0.25) is 0 Å². The SMILES string of the molecule is CSc1ncc(CNCc2sccc2C)c(N2CCOCC2)n1. The zero-order chi connectivity index (χ0) is 16.1. The Hall–Kier alpha value is -1.15. The van der Waals surface area contributed by atoms with Crippen molar-refractivity contribution in [1.29, 1.82) is 0 Å². The summed E-state index contributed by atoms with van der Waals surface area (Å²) in [6.07, 6.45) is 3.97. The van der Waals surface area contributed by atoms with Crippen molar-refractivity contribution in [3.05, 3.63) is 33.6 Å². The van der Waals surface area contributed by atoms with Crippen molar-refractivity contribution in [1.82, 2.24) is 15.3 Å². The van der Waals surface area contributed by atoms with Gasteiger partial charge in [-0.05, 0) is 30.2 Å². The van der Waals surface area contributed by atoms with Crippen LogP contribution in [0, 0.1) is 6.92 Å². The highest BCUT2D eigenvalue weighted by molar-refractivity contribution is 7.98. The smallest absolute Gasteiger partial charge is 0.189 e. The molecule has 2 aromatic rings. The van der Waals surface area contributed by atoms with Crippen molar-refractivity contribution in [2.75, 3.05) is 37.5 Å². The number of rotatable bonds is 6. The standard InChI is InChI=1S/C16H22N4OS2/c1-12-3-8-23-14(12)11-17-9-13-10-18-16(22-2)19-15(13)20-4-6-21-7-5-20/h3,8,10,17H,4-7,9,11H2,1-2H3. The van der Waals surface area contributed by atoms with Crippen LogP contribution in [-0.4, -0.2) is 42.5 Å². The molecule has 1 saturated heterocycles. The third-order valence-corrected chi connectivity index (χ3v) is 5.47. The van der Waals surface area contributed by atoms with Gasteiger partial charge in [-0.15, -0.1) is 11.3 Å². The van der Waals surface area contributed by atoms with Crippen LogP contribution in [0.1, 0.15) is 16.0 Å². The van der Waals surface area contributed by atoms with Gasteiger partial charge in [0.1, 0.15) is 5.82 Å².